The van der Waals surface area contributed by atoms with Gasteiger partial charge in [0.2, 0.25) is 0 Å². The lowest BCUT2D eigenvalue weighted by Gasteiger charge is -2.42. The molecule has 0 aromatic heterocycles. The second-order valence-electron chi connectivity index (χ2n) is 5.52. The molecule has 92 valence electrons. The molecule has 0 N–H and O–H groups in total. The van der Waals surface area contributed by atoms with E-state index in [4.69, 9.17) is 4.43 Å². The molecule has 0 fully saturated rings. The third-order valence-electron chi connectivity index (χ3n) is 3.62. The number of hydrogen-bond donors (Lipinski definition) is 0. The number of rotatable bonds is 5. The topological polar surface area (TPSA) is 9.23 Å². The van der Waals surface area contributed by atoms with Crippen LogP contribution in [-0.4, -0.2) is 20.3 Å². The van der Waals surface area contributed by atoms with Crippen LogP contribution in [0.4, 0.5) is 0 Å². The van der Waals surface area contributed by atoms with Gasteiger partial charge in [0.25, 0.3) is 8.32 Å². The minimum absolute atomic E-state index is 0.666. The third kappa shape index (κ3) is 2.60. The third-order valence-corrected chi connectivity index (χ3v) is 10.5. The second-order valence-corrected chi connectivity index (χ2v) is 11.9. The van der Waals surface area contributed by atoms with Gasteiger partial charge in [-0.3, -0.25) is 0 Å². The highest BCUT2D eigenvalue weighted by Gasteiger charge is 2.47. The highest BCUT2D eigenvalue weighted by atomic mass is 31.1. The summed E-state index contributed by atoms with van der Waals surface area (Å²) in [5.74, 6) is 3.39. The zero-order chi connectivity index (χ0) is 12.3. The van der Waals surface area contributed by atoms with E-state index < -0.39 is 8.32 Å². The summed E-state index contributed by atoms with van der Waals surface area (Å²) in [5, 5.41) is 0. The Labute approximate surface area is 103 Å². The molecule has 0 saturated heterocycles. The van der Waals surface area contributed by atoms with Crippen molar-refractivity contribution in [2.75, 3.05) is 6.16 Å². The maximum atomic E-state index is 6.52. The van der Waals surface area contributed by atoms with Crippen molar-refractivity contribution >= 4 is 22.3 Å². The zero-order valence-electron chi connectivity index (χ0n) is 11.4. The molecule has 1 heterocycles. The van der Waals surface area contributed by atoms with E-state index in [2.05, 4.69) is 53.4 Å². The summed E-state index contributed by atoms with van der Waals surface area (Å²) in [4.78, 5) is 0. The van der Waals surface area contributed by atoms with E-state index in [9.17, 15) is 0 Å². The average Bonchev–Trinajstić information content (AvgIpc) is 2.64. The van der Waals surface area contributed by atoms with Crippen molar-refractivity contribution < 1.29 is 4.43 Å². The van der Waals surface area contributed by atoms with Gasteiger partial charge in [-0.1, -0.05) is 49.7 Å². The van der Waals surface area contributed by atoms with Crippen LogP contribution in [0, 0.1) is 0 Å². The standard InChI is InChI=1S/C13H25OPSi/c1-10(2)16(11(3)4,12(5)6)14-13-7-8-15-9-13/h7,9-12H,8H2,1-6H3. The highest BCUT2D eigenvalue weighted by molar-refractivity contribution is 7.39. The minimum Gasteiger partial charge on any atom is -0.543 e. The van der Waals surface area contributed by atoms with E-state index >= 15 is 0 Å². The molecule has 0 saturated carbocycles. The van der Waals surface area contributed by atoms with Gasteiger partial charge < -0.3 is 4.43 Å². The summed E-state index contributed by atoms with van der Waals surface area (Å²) in [7, 11) is -0.310. The van der Waals surface area contributed by atoms with Crippen LogP contribution >= 0.6 is 8.20 Å². The molecule has 0 aliphatic carbocycles. The molecule has 0 spiro atoms. The molecule has 0 unspecified atom stereocenters. The molecule has 1 aliphatic rings. The van der Waals surface area contributed by atoms with Crippen LogP contribution in [0.15, 0.2) is 11.8 Å². The van der Waals surface area contributed by atoms with E-state index in [1.165, 1.54) is 8.20 Å². The minimum atomic E-state index is -1.70. The number of hydrogen-bond acceptors (Lipinski definition) is 1. The Kier molecular flexibility index (Phi) is 4.82. The summed E-state index contributed by atoms with van der Waals surface area (Å²) < 4.78 is 6.52. The molecule has 3 heteroatoms. The molecule has 16 heavy (non-hydrogen) atoms. The van der Waals surface area contributed by atoms with Crippen molar-refractivity contribution in [3.63, 3.8) is 0 Å². The Morgan fingerprint density at radius 2 is 1.56 bits per heavy atom. The predicted octanol–water partition coefficient (Wildman–Crippen LogP) is 4.82. The zero-order valence-corrected chi connectivity index (χ0v) is 13.3. The average molecular weight is 256 g/mol. The van der Waals surface area contributed by atoms with E-state index in [1.807, 2.05) is 0 Å². The Balaban J connectivity index is 2.97. The fourth-order valence-corrected chi connectivity index (χ4v) is 9.05. The van der Waals surface area contributed by atoms with E-state index in [1.54, 1.807) is 0 Å². The van der Waals surface area contributed by atoms with Gasteiger partial charge in [-0.25, -0.2) is 0 Å². The van der Waals surface area contributed by atoms with Crippen LogP contribution in [0.5, 0.6) is 0 Å². The van der Waals surface area contributed by atoms with Gasteiger partial charge in [0.1, 0.15) is 5.76 Å². The smallest absolute Gasteiger partial charge is 0.258 e. The van der Waals surface area contributed by atoms with Crippen molar-refractivity contribution in [2.45, 2.75) is 58.2 Å². The quantitative estimate of drug-likeness (QED) is 0.506. The van der Waals surface area contributed by atoms with Crippen molar-refractivity contribution in [2.24, 2.45) is 0 Å². The first-order valence-electron chi connectivity index (χ1n) is 6.30. The Morgan fingerprint density at radius 3 is 1.88 bits per heavy atom. The summed E-state index contributed by atoms with van der Waals surface area (Å²) in [5.41, 5.74) is 2.00. The molecular formula is C13H25OPSi. The lowest BCUT2D eigenvalue weighted by Crippen LogP contribution is -2.47. The van der Waals surface area contributed by atoms with Gasteiger partial charge in [-0.2, -0.15) is 0 Å². The van der Waals surface area contributed by atoms with E-state index in [0.29, 0.717) is 16.6 Å². The predicted molar refractivity (Wildman–Crippen MR) is 78.1 cm³/mol. The molecule has 1 rings (SSSR count). The monoisotopic (exact) mass is 256 g/mol. The molecule has 0 aromatic carbocycles. The Bertz CT molecular complexity index is 271. The van der Waals surface area contributed by atoms with Crippen LogP contribution < -0.4 is 0 Å². The Hall–Kier alpha value is -0.0731. The summed E-state index contributed by atoms with van der Waals surface area (Å²) >= 11 is 0. The largest absolute Gasteiger partial charge is 0.543 e. The summed E-state index contributed by atoms with van der Waals surface area (Å²) in [6.07, 6.45) is 3.38. The maximum absolute atomic E-state index is 6.52. The van der Waals surface area contributed by atoms with Gasteiger partial charge in [-0.15, -0.1) is 0 Å². The van der Waals surface area contributed by atoms with Crippen molar-refractivity contribution in [1.29, 1.82) is 0 Å². The molecule has 1 aliphatic heterocycles. The van der Waals surface area contributed by atoms with Crippen LogP contribution in [0.3, 0.4) is 0 Å². The first-order valence-corrected chi connectivity index (χ1v) is 9.59. The SMILES string of the molecule is CC(C)[Si](OC1=CCP=C1)(C(C)C)C(C)C. The fraction of sp³-hybridized carbons (Fsp3) is 0.769. The molecule has 0 atom stereocenters. The van der Waals surface area contributed by atoms with Crippen LogP contribution in [0.2, 0.25) is 16.6 Å². The van der Waals surface area contributed by atoms with Gasteiger partial charge >= 0.3 is 0 Å². The van der Waals surface area contributed by atoms with Crippen molar-refractivity contribution in [1.82, 2.24) is 0 Å². The molecule has 1 nitrogen and oxygen atoms in total. The Morgan fingerprint density at radius 1 is 1.06 bits per heavy atom. The van der Waals surface area contributed by atoms with Gasteiger partial charge in [0.05, 0.1) is 0 Å². The summed E-state index contributed by atoms with van der Waals surface area (Å²) in [6, 6.07) is 0. The fourth-order valence-electron chi connectivity index (χ4n) is 2.96. The maximum Gasteiger partial charge on any atom is 0.258 e. The lowest BCUT2D eigenvalue weighted by molar-refractivity contribution is 0.398. The molecule has 0 aromatic rings. The molecule has 0 radical (unpaired) electrons. The summed E-state index contributed by atoms with van der Waals surface area (Å²) in [6.45, 7) is 14.0. The van der Waals surface area contributed by atoms with Crippen LogP contribution in [0.1, 0.15) is 41.5 Å². The normalized spacial score (nSPS) is 17.4. The van der Waals surface area contributed by atoms with Gasteiger partial charge in [-0.05, 0) is 22.7 Å². The molecule has 0 bridgehead atoms. The van der Waals surface area contributed by atoms with Gasteiger partial charge in [0, 0.05) is 12.0 Å². The van der Waals surface area contributed by atoms with Crippen LogP contribution in [0.25, 0.3) is 0 Å². The van der Waals surface area contributed by atoms with Gasteiger partial charge in [0.15, 0.2) is 0 Å². The number of allylic oxidation sites excluding steroid dienone is 2. The molecular weight excluding hydrogens is 231 g/mol. The highest BCUT2D eigenvalue weighted by Crippen LogP contribution is 2.43. The lowest BCUT2D eigenvalue weighted by atomic mass is 10.5. The van der Waals surface area contributed by atoms with E-state index in [0.717, 1.165) is 11.9 Å². The van der Waals surface area contributed by atoms with Crippen LogP contribution in [-0.2, 0) is 4.43 Å². The first kappa shape index (κ1) is 14.0. The first-order chi connectivity index (χ1) is 7.41. The van der Waals surface area contributed by atoms with Crippen molar-refractivity contribution in [3.05, 3.63) is 11.8 Å². The van der Waals surface area contributed by atoms with E-state index in [-0.39, 0.29) is 0 Å². The van der Waals surface area contributed by atoms with Crippen molar-refractivity contribution in [3.8, 4) is 0 Å². The molecule has 0 amide bonds. The second kappa shape index (κ2) is 5.51.